The Labute approximate surface area is 85.8 Å². The number of hydrogen-bond donors (Lipinski definition) is 0. The number of halogens is 4. The van der Waals surface area contributed by atoms with Gasteiger partial charge in [-0.25, -0.2) is 8.78 Å². The Hall–Kier alpha value is 0.806. The lowest BCUT2D eigenvalue weighted by atomic mass is 10.3. The Morgan fingerprint density at radius 2 is 1.82 bits per heavy atom. The molecule has 0 saturated heterocycles. The minimum Gasteiger partial charge on any atom is -0.280 e. The van der Waals surface area contributed by atoms with Gasteiger partial charge in [-0.15, -0.1) is 0 Å². The van der Waals surface area contributed by atoms with E-state index in [1.165, 1.54) is 6.07 Å². The molecule has 0 amide bonds. The molecule has 0 N–H and O–H groups in total. The van der Waals surface area contributed by atoms with Crippen LogP contribution in [0.3, 0.4) is 0 Å². The first-order chi connectivity index (χ1) is 5.22. The van der Waals surface area contributed by atoms with Crippen molar-refractivity contribution in [2.24, 2.45) is 0 Å². The molecule has 0 unspecified atom stereocenters. The van der Waals surface area contributed by atoms with E-state index in [0.717, 1.165) is 12.1 Å². The molecule has 5 heteroatoms. The second kappa shape index (κ2) is 7.46. The Morgan fingerprint density at radius 3 is 2.09 bits per heavy atom. The lowest BCUT2D eigenvalue weighted by Gasteiger charge is -1.84. The van der Waals surface area contributed by atoms with Crippen molar-refractivity contribution in [1.82, 2.24) is 0 Å². The van der Waals surface area contributed by atoms with Gasteiger partial charge in [0.25, 0.3) is 0 Å². The van der Waals surface area contributed by atoms with Gasteiger partial charge in [-0.1, -0.05) is 6.07 Å². The molecule has 0 heterocycles. The summed E-state index contributed by atoms with van der Waals surface area (Å²) in [5, 5.41) is 0. The number of rotatable bonds is 0. The SMILES string of the molecule is Fc1c[c]ccc1F.[Br][Mg][Br]. The van der Waals surface area contributed by atoms with E-state index < -0.39 is 11.6 Å². The summed E-state index contributed by atoms with van der Waals surface area (Å²) in [6, 6.07) is 5.68. The van der Waals surface area contributed by atoms with Gasteiger partial charge in [-0.2, -0.15) is 0 Å². The molecular formula is C6H3Br2F2Mg. The van der Waals surface area contributed by atoms with E-state index in [2.05, 4.69) is 31.8 Å². The normalized spacial score (nSPS) is 7.64. The van der Waals surface area contributed by atoms with Crippen LogP contribution in [0.25, 0.3) is 0 Å². The topological polar surface area (TPSA) is 0 Å². The summed E-state index contributed by atoms with van der Waals surface area (Å²) in [6.07, 6.45) is 0. The average molecular weight is 297 g/mol. The van der Waals surface area contributed by atoms with Gasteiger partial charge in [0.15, 0.2) is 11.6 Å². The van der Waals surface area contributed by atoms with Crippen molar-refractivity contribution in [1.29, 1.82) is 0 Å². The Morgan fingerprint density at radius 1 is 1.27 bits per heavy atom. The largest absolute Gasteiger partial charge is 0.560 e. The third-order valence-electron chi connectivity index (χ3n) is 0.764. The molecule has 0 aliphatic heterocycles. The molecule has 0 fully saturated rings. The Balaban J connectivity index is 0.000000292. The van der Waals surface area contributed by atoms with Gasteiger partial charge in [0.1, 0.15) is 0 Å². The van der Waals surface area contributed by atoms with Crippen molar-refractivity contribution in [3.05, 3.63) is 35.9 Å². The van der Waals surface area contributed by atoms with Crippen molar-refractivity contribution in [3.8, 4) is 0 Å². The molecule has 57 valence electrons. The summed E-state index contributed by atoms with van der Waals surface area (Å²) in [5.74, 6) is -1.68. The maximum atomic E-state index is 11.9. The highest BCUT2D eigenvalue weighted by Gasteiger charge is 1.93. The molecular weight excluding hydrogens is 294 g/mol. The maximum absolute atomic E-state index is 11.9. The fraction of sp³-hybridized carbons (Fsp3) is 0. The lowest BCUT2D eigenvalue weighted by Crippen LogP contribution is -1.78. The van der Waals surface area contributed by atoms with E-state index in [9.17, 15) is 8.78 Å². The first kappa shape index (κ1) is 11.8. The predicted octanol–water partition coefficient (Wildman–Crippen LogP) is 3.08. The Bertz CT molecular complexity index is 187. The summed E-state index contributed by atoms with van der Waals surface area (Å²) < 4.78 is 23.8. The highest BCUT2D eigenvalue weighted by molar-refractivity contribution is 9.47. The molecule has 0 aromatic heterocycles. The molecule has 1 radical (unpaired) electrons. The highest BCUT2D eigenvalue weighted by atomic mass is 79.9. The van der Waals surface area contributed by atoms with E-state index in [1.54, 1.807) is 0 Å². The van der Waals surface area contributed by atoms with Crippen LogP contribution in [0.15, 0.2) is 18.2 Å². The van der Waals surface area contributed by atoms with Gasteiger partial charge in [-0.3, -0.25) is 25.8 Å². The van der Waals surface area contributed by atoms with Crippen LogP contribution >= 0.6 is 25.8 Å². The van der Waals surface area contributed by atoms with Crippen LogP contribution in [-0.4, -0.2) is 16.0 Å². The average Bonchev–Trinajstić information content (AvgIpc) is 1.97. The summed E-state index contributed by atoms with van der Waals surface area (Å²) >= 11 is 6.44. The molecule has 1 rings (SSSR count). The van der Waals surface area contributed by atoms with Crippen LogP contribution in [0.5, 0.6) is 0 Å². The molecule has 0 spiro atoms. The molecule has 1 aromatic rings. The third-order valence-corrected chi connectivity index (χ3v) is 0.764. The van der Waals surface area contributed by atoms with Crippen molar-refractivity contribution >= 4 is 41.8 Å². The van der Waals surface area contributed by atoms with Crippen LogP contribution in [0.1, 0.15) is 0 Å². The molecule has 0 atom stereocenters. The van der Waals surface area contributed by atoms with Gasteiger partial charge in [0.2, 0.25) is 0 Å². The van der Waals surface area contributed by atoms with Crippen LogP contribution in [0, 0.1) is 17.7 Å². The molecule has 0 saturated carbocycles. The van der Waals surface area contributed by atoms with E-state index in [4.69, 9.17) is 0 Å². The lowest BCUT2D eigenvalue weighted by molar-refractivity contribution is 0.508. The van der Waals surface area contributed by atoms with E-state index in [-0.39, 0.29) is 16.0 Å². The van der Waals surface area contributed by atoms with Gasteiger partial charge < -0.3 is 0 Å². The van der Waals surface area contributed by atoms with Crippen molar-refractivity contribution in [2.75, 3.05) is 0 Å². The predicted molar refractivity (Wildman–Crippen MR) is 48.8 cm³/mol. The monoisotopic (exact) mass is 295 g/mol. The quantitative estimate of drug-likeness (QED) is 0.646. The molecule has 0 nitrogen and oxygen atoms in total. The Kier molecular flexibility index (Phi) is 8.00. The molecule has 0 aliphatic carbocycles. The first-order valence-corrected chi connectivity index (χ1v) is 10.4. The first-order valence-electron chi connectivity index (χ1n) is 2.65. The van der Waals surface area contributed by atoms with E-state index >= 15 is 0 Å². The fourth-order valence-electron chi connectivity index (χ4n) is 0.391. The minimum absolute atomic E-state index is 0.0417. The second-order valence-electron chi connectivity index (χ2n) is 1.44. The summed E-state index contributed by atoms with van der Waals surface area (Å²) in [5.41, 5.74) is 0. The van der Waals surface area contributed by atoms with Gasteiger partial charge in [0.05, 0.1) is 0 Å². The smallest absolute Gasteiger partial charge is 0.280 e. The zero-order chi connectivity index (χ0) is 8.69. The summed E-state index contributed by atoms with van der Waals surface area (Å²) in [7, 11) is 0. The second-order valence-corrected chi connectivity index (χ2v) is 9.52. The van der Waals surface area contributed by atoms with Crippen molar-refractivity contribution in [3.63, 3.8) is 0 Å². The molecule has 0 bridgehead atoms. The summed E-state index contributed by atoms with van der Waals surface area (Å²) in [6.45, 7) is 0. The highest BCUT2D eigenvalue weighted by Crippen LogP contribution is 2.00. The molecule has 1 aromatic carbocycles. The van der Waals surface area contributed by atoms with Crippen LogP contribution in [0.2, 0.25) is 0 Å². The van der Waals surface area contributed by atoms with Crippen LogP contribution < -0.4 is 0 Å². The van der Waals surface area contributed by atoms with Crippen molar-refractivity contribution < 1.29 is 8.78 Å². The van der Waals surface area contributed by atoms with Crippen molar-refractivity contribution in [2.45, 2.75) is 0 Å². The number of benzene rings is 1. The zero-order valence-corrected chi connectivity index (χ0v) is 10.0. The van der Waals surface area contributed by atoms with E-state index in [0.29, 0.717) is 0 Å². The van der Waals surface area contributed by atoms with Crippen LogP contribution in [0.4, 0.5) is 8.78 Å². The zero-order valence-electron chi connectivity index (χ0n) is 5.45. The minimum atomic E-state index is -0.854. The summed E-state index contributed by atoms with van der Waals surface area (Å²) in [4.78, 5) is 0. The standard InChI is InChI=1S/C6H3F2.2BrH.Mg/c7-5-3-1-2-4-6(5)8;;;/h1,3-4H;2*1H;/q;;;+2/p-2. The maximum Gasteiger partial charge on any atom is 0.560 e. The van der Waals surface area contributed by atoms with E-state index in [1.807, 2.05) is 0 Å². The number of hydrogen-bond acceptors (Lipinski definition) is 0. The van der Waals surface area contributed by atoms with Crippen LogP contribution in [-0.2, 0) is 0 Å². The fourth-order valence-corrected chi connectivity index (χ4v) is 0.391. The third kappa shape index (κ3) is 6.01. The van der Waals surface area contributed by atoms with Gasteiger partial charge in [-0.05, 0) is 18.2 Å². The molecule has 11 heavy (non-hydrogen) atoms. The molecule has 0 aliphatic rings. The van der Waals surface area contributed by atoms with Gasteiger partial charge >= 0.3 is 16.0 Å². The van der Waals surface area contributed by atoms with Gasteiger partial charge in [0, 0.05) is 0 Å².